The second kappa shape index (κ2) is 9.64. The van der Waals surface area contributed by atoms with Crippen LogP contribution in [-0.2, 0) is 11.0 Å². The molecule has 2 aromatic rings. The van der Waals surface area contributed by atoms with Crippen molar-refractivity contribution in [3.8, 4) is 0 Å². The van der Waals surface area contributed by atoms with Gasteiger partial charge >= 0.3 is 6.18 Å². The summed E-state index contributed by atoms with van der Waals surface area (Å²) < 4.78 is 40.3. The standard InChI is InChI=1S/C22H25F3N4OS/c1-4-28(19-14-29(27-15(19)2)18-6-5-11-26-13-18)21(30)12-20(31-3)16-7-9-17(10-8-16)22(23,24)25/h5-11,14,20,26H,4,12-13H2,1-3H3. The molecule has 5 nitrogen and oxygen atoms in total. The highest BCUT2D eigenvalue weighted by molar-refractivity contribution is 7.98. The zero-order valence-corrected chi connectivity index (χ0v) is 18.4. The van der Waals surface area contributed by atoms with Gasteiger partial charge in [-0.15, -0.1) is 0 Å². The largest absolute Gasteiger partial charge is 0.416 e. The summed E-state index contributed by atoms with van der Waals surface area (Å²) in [5, 5.41) is 7.43. The Morgan fingerprint density at radius 2 is 2.03 bits per heavy atom. The van der Waals surface area contributed by atoms with E-state index in [2.05, 4.69) is 10.4 Å². The van der Waals surface area contributed by atoms with Gasteiger partial charge in [-0.25, -0.2) is 4.68 Å². The first-order valence-corrected chi connectivity index (χ1v) is 11.2. The molecule has 1 unspecified atom stereocenters. The van der Waals surface area contributed by atoms with Gasteiger partial charge in [-0.3, -0.25) is 4.79 Å². The number of hydrogen-bond donors (Lipinski definition) is 1. The van der Waals surface area contributed by atoms with Crippen molar-refractivity contribution in [3.63, 3.8) is 0 Å². The molecule has 0 aliphatic carbocycles. The van der Waals surface area contributed by atoms with Crippen LogP contribution < -0.4 is 10.2 Å². The molecule has 0 spiro atoms. The summed E-state index contributed by atoms with van der Waals surface area (Å²) in [7, 11) is 0. The molecule has 1 atom stereocenters. The van der Waals surface area contributed by atoms with Crippen LogP contribution >= 0.6 is 11.8 Å². The van der Waals surface area contributed by atoms with Crippen molar-refractivity contribution in [3.05, 3.63) is 65.6 Å². The quantitative estimate of drug-likeness (QED) is 0.644. The fraction of sp³-hybridized carbons (Fsp3) is 0.364. The summed E-state index contributed by atoms with van der Waals surface area (Å²) in [4.78, 5) is 14.8. The van der Waals surface area contributed by atoms with Crippen LogP contribution in [0.4, 0.5) is 18.9 Å². The molecule has 1 amide bonds. The fourth-order valence-electron chi connectivity index (χ4n) is 3.44. The van der Waals surface area contributed by atoms with Crippen LogP contribution in [0.2, 0.25) is 0 Å². The lowest BCUT2D eigenvalue weighted by molar-refractivity contribution is -0.137. The topological polar surface area (TPSA) is 50.2 Å². The lowest BCUT2D eigenvalue weighted by Crippen LogP contribution is -2.31. The van der Waals surface area contributed by atoms with Crippen molar-refractivity contribution < 1.29 is 18.0 Å². The predicted octanol–water partition coefficient (Wildman–Crippen LogP) is 5.02. The number of nitrogens with zero attached hydrogens (tertiary/aromatic N) is 3. The maximum atomic E-state index is 13.1. The molecule has 0 fully saturated rings. The summed E-state index contributed by atoms with van der Waals surface area (Å²) >= 11 is 1.45. The van der Waals surface area contributed by atoms with Crippen molar-refractivity contribution in [2.75, 3.05) is 24.2 Å². The number of nitrogens with one attached hydrogen (secondary N) is 1. The third kappa shape index (κ3) is 5.33. The van der Waals surface area contributed by atoms with Crippen molar-refractivity contribution in [1.82, 2.24) is 15.1 Å². The van der Waals surface area contributed by atoms with E-state index in [1.807, 2.05) is 44.7 Å². The molecular formula is C22H25F3N4OS. The zero-order chi connectivity index (χ0) is 22.6. The molecule has 0 bridgehead atoms. The van der Waals surface area contributed by atoms with Crippen molar-refractivity contribution in [1.29, 1.82) is 0 Å². The molecule has 2 heterocycles. The number of hydrogen-bond acceptors (Lipinski definition) is 4. The number of thioether (sulfide) groups is 1. The normalized spacial score (nSPS) is 14.7. The fourth-order valence-corrected chi connectivity index (χ4v) is 4.18. The number of benzene rings is 1. The molecule has 1 N–H and O–H groups in total. The zero-order valence-electron chi connectivity index (χ0n) is 17.6. The Hall–Kier alpha value is -2.68. The summed E-state index contributed by atoms with van der Waals surface area (Å²) in [6.45, 7) is 4.86. The third-order valence-electron chi connectivity index (χ3n) is 5.12. The number of anilines is 1. The monoisotopic (exact) mass is 450 g/mol. The van der Waals surface area contributed by atoms with Gasteiger partial charge in [0.25, 0.3) is 0 Å². The summed E-state index contributed by atoms with van der Waals surface area (Å²) in [5.74, 6) is -0.0972. The Morgan fingerprint density at radius 3 is 2.58 bits per heavy atom. The van der Waals surface area contributed by atoms with Crippen LogP contribution in [-0.4, -0.2) is 35.0 Å². The number of aromatic nitrogens is 2. The van der Waals surface area contributed by atoms with Crippen LogP contribution in [0.1, 0.15) is 35.4 Å². The van der Waals surface area contributed by atoms with E-state index in [4.69, 9.17) is 0 Å². The summed E-state index contributed by atoms with van der Waals surface area (Å²) in [6, 6.07) is 5.03. The Labute approximate surface area is 184 Å². The third-order valence-corrected chi connectivity index (χ3v) is 6.12. The van der Waals surface area contributed by atoms with Crippen molar-refractivity contribution >= 4 is 29.1 Å². The summed E-state index contributed by atoms with van der Waals surface area (Å²) in [5.41, 5.74) is 2.44. The highest BCUT2D eigenvalue weighted by Gasteiger charge is 2.30. The minimum absolute atomic E-state index is 0.0972. The Bertz CT molecular complexity index is 980. The molecule has 1 aromatic heterocycles. The molecule has 3 rings (SSSR count). The van der Waals surface area contributed by atoms with Gasteiger partial charge in [0.1, 0.15) is 0 Å². The molecular weight excluding hydrogens is 425 g/mol. The van der Waals surface area contributed by atoms with Gasteiger partial charge < -0.3 is 10.2 Å². The number of amides is 1. The van der Waals surface area contributed by atoms with Gasteiger partial charge in [0.05, 0.1) is 35.4 Å². The lowest BCUT2D eigenvalue weighted by Gasteiger charge is -2.23. The number of carbonyl (C=O) groups is 1. The van der Waals surface area contributed by atoms with E-state index in [1.54, 1.807) is 9.58 Å². The van der Waals surface area contributed by atoms with E-state index in [0.29, 0.717) is 18.7 Å². The van der Waals surface area contributed by atoms with Crippen LogP contribution in [0, 0.1) is 6.92 Å². The minimum Gasteiger partial charge on any atom is -0.385 e. The van der Waals surface area contributed by atoms with Gasteiger partial charge in [-0.2, -0.15) is 30.0 Å². The molecule has 1 aliphatic rings. The number of rotatable bonds is 7. The van der Waals surface area contributed by atoms with Gasteiger partial charge in [-0.1, -0.05) is 12.1 Å². The molecule has 31 heavy (non-hydrogen) atoms. The van der Waals surface area contributed by atoms with Crippen LogP contribution in [0.25, 0.3) is 5.70 Å². The molecule has 1 aliphatic heterocycles. The Morgan fingerprint density at radius 1 is 1.32 bits per heavy atom. The SMILES string of the molecule is CCN(C(=O)CC(SC)c1ccc(C(F)(F)F)cc1)c1cn(C2=CC=CNC2)nc1C. The first-order chi connectivity index (χ1) is 14.7. The highest BCUT2D eigenvalue weighted by atomic mass is 32.2. The van der Waals surface area contributed by atoms with E-state index >= 15 is 0 Å². The second-order valence-corrected chi connectivity index (χ2v) is 8.17. The van der Waals surface area contributed by atoms with E-state index in [0.717, 1.165) is 29.2 Å². The minimum atomic E-state index is -4.38. The van der Waals surface area contributed by atoms with Crippen LogP contribution in [0.15, 0.2) is 48.8 Å². The first kappa shape index (κ1) is 23.0. The number of dihydropyridines is 1. The highest BCUT2D eigenvalue weighted by Crippen LogP contribution is 2.35. The molecule has 166 valence electrons. The number of carbonyl (C=O) groups excluding carboxylic acids is 1. The van der Waals surface area contributed by atoms with Crippen molar-refractivity contribution in [2.45, 2.75) is 31.7 Å². The maximum Gasteiger partial charge on any atom is 0.416 e. The molecule has 0 radical (unpaired) electrons. The first-order valence-electron chi connectivity index (χ1n) is 9.90. The van der Waals surface area contributed by atoms with Gasteiger partial charge in [0, 0.05) is 18.2 Å². The van der Waals surface area contributed by atoms with Gasteiger partial charge in [0.15, 0.2) is 0 Å². The van der Waals surface area contributed by atoms with E-state index in [9.17, 15) is 18.0 Å². The van der Waals surface area contributed by atoms with E-state index in [-0.39, 0.29) is 17.6 Å². The van der Waals surface area contributed by atoms with Gasteiger partial charge in [0.2, 0.25) is 5.91 Å². The average molecular weight is 451 g/mol. The molecule has 0 saturated carbocycles. The number of allylic oxidation sites excluding steroid dienone is 2. The Balaban J connectivity index is 1.78. The maximum absolute atomic E-state index is 13.1. The van der Waals surface area contributed by atoms with Crippen molar-refractivity contribution in [2.24, 2.45) is 0 Å². The smallest absolute Gasteiger partial charge is 0.385 e. The summed E-state index contributed by atoms with van der Waals surface area (Å²) in [6.07, 6.45) is 5.20. The molecule has 1 aromatic carbocycles. The number of halogens is 3. The second-order valence-electron chi connectivity index (χ2n) is 7.13. The predicted molar refractivity (Wildman–Crippen MR) is 119 cm³/mol. The number of aryl methyl sites for hydroxylation is 1. The van der Waals surface area contributed by atoms with Gasteiger partial charge in [-0.05, 0) is 56.2 Å². The molecule has 0 saturated heterocycles. The average Bonchev–Trinajstić information content (AvgIpc) is 3.14. The molecule has 9 heteroatoms. The Kier molecular flexibility index (Phi) is 7.15. The van der Waals surface area contributed by atoms with Crippen LogP contribution in [0.5, 0.6) is 0 Å². The van der Waals surface area contributed by atoms with Crippen LogP contribution in [0.3, 0.4) is 0 Å². The number of alkyl halides is 3. The van der Waals surface area contributed by atoms with E-state index in [1.165, 1.54) is 23.9 Å². The van der Waals surface area contributed by atoms with E-state index < -0.39 is 11.7 Å². The lowest BCUT2D eigenvalue weighted by atomic mass is 10.1.